The van der Waals surface area contributed by atoms with Gasteiger partial charge in [0.15, 0.2) is 11.4 Å². The number of pyridine rings is 1. The lowest BCUT2D eigenvalue weighted by atomic mass is 9.59. The zero-order valence-corrected chi connectivity index (χ0v) is 47.4. The first-order chi connectivity index (χ1) is 40.3. The van der Waals surface area contributed by atoms with Crippen molar-refractivity contribution in [2.75, 3.05) is 87.5 Å². The van der Waals surface area contributed by atoms with Gasteiger partial charge >= 0.3 is 0 Å². The molecule has 14 rings (SSSR count). The van der Waals surface area contributed by atoms with E-state index in [1.807, 2.05) is 36.7 Å². The number of nitrogens with one attached hydrogen (secondary N) is 3. The van der Waals surface area contributed by atoms with Crippen LogP contribution in [0.25, 0.3) is 11.0 Å². The molecule has 0 radical (unpaired) electrons. The van der Waals surface area contributed by atoms with E-state index in [1.54, 1.807) is 12.4 Å². The second-order valence-electron chi connectivity index (χ2n) is 23.9. The van der Waals surface area contributed by atoms with Crippen LogP contribution in [0.3, 0.4) is 0 Å². The van der Waals surface area contributed by atoms with E-state index in [9.17, 15) is 23.3 Å². The van der Waals surface area contributed by atoms with Crippen LogP contribution in [-0.4, -0.2) is 158 Å². The lowest BCUT2D eigenvalue weighted by molar-refractivity contribution is -0.384. The normalized spacial score (nSPS) is 24.7. The minimum absolute atomic E-state index is 0.0227. The van der Waals surface area contributed by atoms with Gasteiger partial charge < -0.3 is 48.5 Å². The van der Waals surface area contributed by atoms with E-state index in [0.717, 1.165) is 106 Å². The maximum Gasteiger partial charge on any atom is 0.297 e. The summed E-state index contributed by atoms with van der Waals surface area (Å²) in [4.78, 5) is 53.0. The van der Waals surface area contributed by atoms with Crippen LogP contribution in [0.15, 0.2) is 90.3 Å². The number of benzene rings is 3. The van der Waals surface area contributed by atoms with Crippen molar-refractivity contribution in [2.45, 2.75) is 113 Å². The number of rotatable bonds is 12. The number of hydrogen-bond donors (Lipinski definition) is 3. The molecular weight excluding hydrogens is 1080 g/mol. The average Bonchev–Trinajstić information content (AvgIpc) is 4.07. The van der Waals surface area contributed by atoms with Crippen LogP contribution in [0, 0.1) is 21.4 Å². The zero-order valence-electron chi connectivity index (χ0n) is 46.6. The van der Waals surface area contributed by atoms with E-state index in [0.29, 0.717) is 67.7 Å². The lowest BCUT2D eigenvalue weighted by Gasteiger charge is -2.58. The zero-order chi connectivity index (χ0) is 56.6. The van der Waals surface area contributed by atoms with Crippen molar-refractivity contribution in [3.63, 3.8) is 0 Å². The summed E-state index contributed by atoms with van der Waals surface area (Å²) >= 11 is 0. The van der Waals surface area contributed by atoms with Crippen molar-refractivity contribution in [3.8, 4) is 23.3 Å². The number of piperidine rings is 1. The molecule has 7 aliphatic heterocycles. The van der Waals surface area contributed by atoms with Crippen LogP contribution in [0.1, 0.15) is 86.3 Å². The first kappa shape index (κ1) is 53.7. The number of carbonyl (C=O) groups excluding carboxylic acids is 1. The predicted molar refractivity (Wildman–Crippen MR) is 308 cm³/mol. The highest BCUT2D eigenvalue weighted by atomic mass is 32.2. The Balaban J connectivity index is 0.735. The molecule has 10 heterocycles. The van der Waals surface area contributed by atoms with Gasteiger partial charge in [0, 0.05) is 111 Å². The molecule has 6 aromatic rings. The first-order valence-corrected chi connectivity index (χ1v) is 30.8. The first-order valence-electron chi connectivity index (χ1n) is 29.3. The van der Waals surface area contributed by atoms with Crippen LogP contribution < -0.4 is 38.8 Å². The van der Waals surface area contributed by atoms with Crippen molar-refractivity contribution < 1.29 is 46.6 Å². The molecule has 8 aliphatic rings. The van der Waals surface area contributed by atoms with Gasteiger partial charge in [-0.25, -0.2) is 23.1 Å². The number of nitro groups is 1. The van der Waals surface area contributed by atoms with Crippen LogP contribution in [-0.2, 0) is 25.9 Å². The molecule has 22 nitrogen and oxygen atoms in total. The summed E-state index contributed by atoms with van der Waals surface area (Å²) in [6.45, 7) is 11.1. The van der Waals surface area contributed by atoms with Crippen molar-refractivity contribution in [3.05, 3.63) is 112 Å². The number of hydrogen-bond acceptors (Lipinski definition) is 19. The molecule has 1 amide bonds. The minimum atomic E-state index is -4.72. The van der Waals surface area contributed by atoms with Crippen LogP contribution in [0.5, 0.6) is 23.3 Å². The summed E-state index contributed by atoms with van der Waals surface area (Å²) in [5.41, 5.74) is 4.79. The summed E-state index contributed by atoms with van der Waals surface area (Å²) in [6, 6.07) is 20.4. The molecule has 83 heavy (non-hydrogen) atoms. The molecule has 3 aromatic carbocycles. The molecule has 1 aliphatic carbocycles. The highest BCUT2D eigenvalue weighted by molar-refractivity contribution is 7.90. The minimum Gasteiger partial charge on any atom is -0.491 e. The second kappa shape index (κ2) is 21.7. The Morgan fingerprint density at radius 1 is 0.904 bits per heavy atom. The molecule has 3 N–H and O–H groups in total. The summed E-state index contributed by atoms with van der Waals surface area (Å²) in [6.07, 6.45) is 11.9. The number of anilines is 4. The average molecular weight is 1150 g/mol. The number of ether oxygens (including phenoxy) is 6. The van der Waals surface area contributed by atoms with E-state index in [4.69, 9.17) is 33.4 Å². The number of nitrogens with zero attached hydrogens (tertiary/aromatic N) is 8. The monoisotopic (exact) mass is 1150 g/mol. The number of para-hydroxylation sites is 1. The fraction of sp³-hybridized carbons (Fsp3) is 0.500. The third-order valence-electron chi connectivity index (χ3n) is 18.7. The number of H-pyrrole nitrogens is 1. The van der Waals surface area contributed by atoms with E-state index in [2.05, 4.69) is 82.7 Å². The Morgan fingerprint density at radius 2 is 1.73 bits per heavy atom. The molecule has 4 saturated heterocycles. The van der Waals surface area contributed by atoms with Crippen molar-refractivity contribution >= 4 is 55.4 Å². The number of amides is 1. The van der Waals surface area contributed by atoms with Gasteiger partial charge in [-0.1, -0.05) is 18.2 Å². The van der Waals surface area contributed by atoms with Crippen LogP contribution in [0.4, 0.5) is 28.4 Å². The van der Waals surface area contributed by atoms with Gasteiger partial charge in [-0.3, -0.25) is 24.7 Å². The van der Waals surface area contributed by atoms with Gasteiger partial charge in [-0.05, 0) is 113 Å². The Morgan fingerprint density at radius 3 is 2.57 bits per heavy atom. The SMILES string of the molecule is CC(C)Oc1ccccc1[C@@H]1CN([C@H]2COc3ncncc3C2)CCN1C1CC2(CCN(c3ccc(C(=O)NS(=O)(=O)c4cc5c(c([N+](=O)[O-])c4)N[C@H](C4CCOCC4)CO5)c(N4c5cc6cc[nH]c6nc5O[C@H]5COCC[C@@H]54)c3)CC2)C1. The lowest BCUT2D eigenvalue weighted by Crippen LogP contribution is -2.61. The van der Waals surface area contributed by atoms with Crippen molar-refractivity contribution in [1.29, 1.82) is 0 Å². The van der Waals surface area contributed by atoms with Gasteiger partial charge in [0.2, 0.25) is 11.8 Å². The van der Waals surface area contributed by atoms with Gasteiger partial charge in [0.1, 0.15) is 42.7 Å². The van der Waals surface area contributed by atoms with Crippen molar-refractivity contribution in [1.82, 2.24) is 34.5 Å². The third kappa shape index (κ3) is 10.2. The molecule has 1 saturated carbocycles. The number of piperazine rings is 1. The summed E-state index contributed by atoms with van der Waals surface area (Å²) in [5, 5.41) is 16.7. The fourth-order valence-electron chi connectivity index (χ4n) is 14.4. The molecule has 5 atom stereocenters. The maximum absolute atomic E-state index is 15.0. The highest BCUT2D eigenvalue weighted by Gasteiger charge is 2.51. The second-order valence-corrected chi connectivity index (χ2v) is 25.6. The van der Waals surface area contributed by atoms with Gasteiger partial charge in [0.05, 0.1) is 51.9 Å². The molecule has 1 spiro atoms. The summed E-state index contributed by atoms with van der Waals surface area (Å²) in [7, 11) is -4.72. The number of aromatic nitrogens is 4. The Labute approximate surface area is 481 Å². The van der Waals surface area contributed by atoms with Gasteiger partial charge in [-0.15, -0.1) is 0 Å². The summed E-state index contributed by atoms with van der Waals surface area (Å²) in [5.74, 6) is 1.25. The van der Waals surface area contributed by atoms with E-state index in [-0.39, 0.29) is 71.8 Å². The quantitative estimate of drug-likeness (QED) is 0.0791. The fourth-order valence-corrected chi connectivity index (χ4v) is 15.4. The Bertz CT molecular complexity index is 3560. The molecule has 23 heteroatoms. The van der Waals surface area contributed by atoms with Gasteiger partial charge in [0.25, 0.3) is 21.6 Å². The smallest absolute Gasteiger partial charge is 0.297 e. The number of fused-ring (bicyclic) bond motifs is 5. The molecule has 436 valence electrons. The summed E-state index contributed by atoms with van der Waals surface area (Å²) < 4.78 is 68.0. The van der Waals surface area contributed by atoms with Crippen LogP contribution >= 0.6 is 0 Å². The molecule has 0 bridgehead atoms. The number of carbonyl (C=O) groups is 1. The Hall–Kier alpha value is -7.31. The Kier molecular flexibility index (Phi) is 14.0. The molecule has 0 unspecified atom stereocenters. The van der Waals surface area contributed by atoms with E-state index < -0.39 is 37.5 Å². The highest BCUT2D eigenvalue weighted by Crippen LogP contribution is 2.54. The standard InChI is InChI=1S/C60H69N11O11S/c1-36(2)81-52-6-4-3-5-44(52)51-31-68(41-23-39-30-61-35-63-58(39)80-32-41)18-19-69(51)42-28-60(29-42)13-16-67(17-14-60)40-7-8-45(48(25-40)70-47-12-22-78-34-54(47)82-59-50(70)24-38-9-15-62-56(38)65-59)57(72)66-83(75,76)43-26-49(71(73)74)55-53(27-43)79-33-46(64-55)37-10-20-77-21-11-37/h3-9,15,24-27,30,35-37,41-42,46-47,51,54,64H,10-14,16-23,28-29,31-34H2,1-2H3,(H,62,65)(H,66,72)/t41-,46+,47+,51+,54+/m1/s1. The van der Waals surface area contributed by atoms with Crippen molar-refractivity contribution in [2.24, 2.45) is 11.3 Å². The number of sulfonamides is 1. The number of nitro benzene ring substituents is 1. The number of aromatic amines is 1. The van der Waals surface area contributed by atoms with Crippen LogP contribution in [0.2, 0.25) is 0 Å². The van der Waals surface area contributed by atoms with E-state index in [1.165, 1.54) is 11.6 Å². The predicted octanol–water partition coefficient (Wildman–Crippen LogP) is 7.57. The topological polar surface area (TPSA) is 241 Å². The van der Waals surface area contributed by atoms with E-state index >= 15 is 0 Å². The van der Waals surface area contributed by atoms with Gasteiger partial charge in [-0.2, -0.15) is 4.98 Å². The molecule has 5 fully saturated rings. The largest absolute Gasteiger partial charge is 0.491 e. The third-order valence-corrected chi connectivity index (χ3v) is 20.0. The maximum atomic E-state index is 15.0. The molecule has 3 aromatic heterocycles. The molecular formula is C60H69N11O11S.